The zero-order valence-electron chi connectivity index (χ0n) is 17.5. The van der Waals surface area contributed by atoms with Crippen LogP contribution in [-0.2, 0) is 22.6 Å². The third kappa shape index (κ3) is 4.30. The molecular formula is C22H25N5O4. The molecule has 1 aliphatic rings. The Morgan fingerprint density at radius 2 is 2.03 bits per heavy atom. The SMILES string of the molecule is CC(C)n1c(CCNC(=O)CC2NC(=O)N(Cc3ccco3)C2=O)nc2ccccc21. The zero-order valence-corrected chi connectivity index (χ0v) is 17.5. The number of benzene rings is 1. The van der Waals surface area contributed by atoms with Gasteiger partial charge in [0.25, 0.3) is 5.91 Å². The standard InChI is InChI=1S/C22H25N5O4/c1-14(2)27-18-8-4-3-7-16(18)24-19(27)9-10-23-20(28)12-17-21(29)26(22(30)25-17)13-15-6-5-11-31-15/h3-8,11,14,17H,9-10,12-13H2,1-2H3,(H,23,28)(H,25,30). The molecule has 0 spiro atoms. The first-order valence-electron chi connectivity index (χ1n) is 10.3. The molecule has 3 aromatic rings. The highest BCUT2D eigenvalue weighted by molar-refractivity contribution is 6.05. The van der Waals surface area contributed by atoms with Crippen molar-refractivity contribution >= 4 is 28.9 Å². The minimum Gasteiger partial charge on any atom is -0.467 e. The molecule has 4 amide bonds. The largest absolute Gasteiger partial charge is 0.467 e. The van der Waals surface area contributed by atoms with Gasteiger partial charge in [0.2, 0.25) is 5.91 Å². The van der Waals surface area contributed by atoms with E-state index in [2.05, 4.69) is 34.0 Å². The van der Waals surface area contributed by atoms with Crippen LogP contribution in [0.4, 0.5) is 4.79 Å². The minimum absolute atomic E-state index is 0.0429. The van der Waals surface area contributed by atoms with Gasteiger partial charge in [0.05, 0.1) is 30.3 Å². The third-order valence-corrected chi connectivity index (χ3v) is 5.25. The molecule has 2 aromatic heterocycles. The molecular weight excluding hydrogens is 398 g/mol. The lowest BCUT2D eigenvalue weighted by Gasteiger charge is -2.14. The van der Waals surface area contributed by atoms with E-state index in [0.29, 0.717) is 18.7 Å². The predicted molar refractivity (Wildman–Crippen MR) is 113 cm³/mol. The quantitative estimate of drug-likeness (QED) is 0.541. The maximum absolute atomic E-state index is 12.5. The molecule has 31 heavy (non-hydrogen) atoms. The summed E-state index contributed by atoms with van der Waals surface area (Å²) in [6.07, 6.45) is 1.93. The Labute approximate surface area is 179 Å². The van der Waals surface area contributed by atoms with Gasteiger partial charge < -0.3 is 19.6 Å². The molecule has 1 unspecified atom stereocenters. The molecule has 1 fully saturated rings. The fraction of sp³-hybridized carbons (Fsp3) is 0.364. The highest BCUT2D eigenvalue weighted by Crippen LogP contribution is 2.21. The number of para-hydroxylation sites is 2. The summed E-state index contributed by atoms with van der Waals surface area (Å²) in [5.41, 5.74) is 1.99. The molecule has 0 saturated carbocycles. The van der Waals surface area contributed by atoms with Crippen molar-refractivity contribution in [1.82, 2.24) is 25.1 Å². The molecule has 0 aliphatic carbocycles. The van der Waals surface area contributed by atoms with Crippen LogP contribution in [0.2, 0.25) is 0 Å². The summed E-state index contributed by atoms with van der Waals surface area (Å²) < 4.78 is 7.35. The Kier molecular flexibility index (Phi) is 5.75. The van der Waals surface area contributed by atoms with Crippen molar-refractivity contribution in [3.05, 3.63) is 54.2 Å². The Morgan fingerprint density at radius 1 is 1.23 bits per heavy atom. The van der Waals surface area contributed by atoms with Crippen molar-refractivity contribution in [2.45, 2.75) is 45.3 Å². The first-order chi connectivity index (χ1) is 14.9. The van der Waals surface area contributed by atoms with Crippen LogP contribution in [0, 0.1) is 0 Å². The van der Waals surface area contributed by atoms with Crippen molar-refractivity contribution in [3.63, 3.8) is 0 Å². The van der Waals surface area contributed by atoms with Gasteiger partial charge in [-0.3, -0.25) is 14.5 Å². The van der Waals surface area contributed by atoms with Crippen LogP contribution in [-0.4, -0.2) is 44.9 Å². The number of amides is 4. The summed E-state index contributed by atoms with van der Waals surface area (Å²) in [7, 11) is 0. The smallest absolute Gasteiger partial charge is 0.325 e. The molecule has 0 bridgehead atoms. The molecule has 0 radical (unpaired) electrons. The third-order valence-electron chi connectivity index (χ3n) is 5.25. The number of imidazole rings is 1. The van der Waals surface area contributed by atoms with Crippen LogP contribution >= 0.6 is 0 Å². The molecule has 2 N–H and O–H groups in total. The van der Waals surface area contributed by atoms with E-state index in [1.54, 1.807) is 12.1 Å². The molecule has 162 valence electrons. The van der Waals surface area contributed by atoms with E-state index in [1.165, 1.54) is 6.26 Å². The number of nitrogens with zero attached hydrogens (tertiary/aromatic N) is 3. The fourth-order valence-corrected chi connectivity index (χ4v) is 3.84. The van der Waals surface area contributed by atoms with Crippen molar-refractivity contribution in [3.8, 4) is 0 Å². The number of carbonyl (C=O) groups excluding carboxylic acids is 3. The van der Waals surface area contributed by atoms with Gasteiger partial charge in [0, 0.05) is 19.0 Å². The van der Waals surface area contributed by atoms with Crippen LogP contribution in [0.25, 0.3) is 11.0 Å². The Hall–Kier alpha value is -3.62. The van der Waals surface area contributed by atoms with Crippen molar-refractivity contribution in [2.24, 2.45) is 0 Å². The lowest BCUT2D eigenvalue weighted by atomic mass is 10.2. The molecule has 3 heterocycles. The summed E-state index contributed by atoms with van der Waals surface area (Å²) in [6, 6.07) is 10.2. The number of nitrogens with one attached hydrogen (secondary N) is 2. The van der Waals surface area contributed by atoms with Gasteiger partial charge in [-0.1, -0.05) is 12.1 Å². The van der Waals surface area contributed by atoms with E-state index < -0.39 is 18.0 Å². The van der Waals surface area contributed by atoms with Gasteiger partial charge in [-0.2, -0.15) is 0 Å². The second-order valence-electron chi connectivity index (χ2n) is 7.79. The van der Waals surface area contributed by atoms with E-state index in [9.17, 15) is 14.4 Å². The van der Waals surface area contributed by atoms with E-state index in [0.717, 1.165) is 21.8 Å². The average molecular weight is 423 g/mol. The molecule has 1 aliphatic heterocycles. The summed E-state index contributed by atoms with van der Waals surface area (Å²) in [5.74, 6) is 0.664. The summed E-state index contributed by atoms with van der Waals surface area (Å²) in [5, 5.41) is 5.40. The van der Waals surface area contributed by atoms with Gasteiger partial charge in [0.15, 0.2) is 0 Å². The van der Waals surface area contributed by atoms with Crippen molar-refractivity contribution < 1.29 is 18.8 Å². The monoisotopic (exact) mass is 423 g/mol. The summed E-state index contributed by atoms with van der Waals surface area (Å²) >= 11 is 0. The van der Waals surface area contributed by atoms with Gasteiger partial charge in [-0.15, -0.1) is 0 Å². The Morgan fingerprint density at radius 3 is 2.77 bits per heavy atom. The Bertz CT molecular complexity index is 1100. The maximum Gasteiger partial charge on any atom is 0.325 e. The van der Waals surface area contributed by atoms with Crippen molar-refractivity contribution in [2.75, 3.05) is 6.54 Å². The number of carbonyl (C=O) groups is 3. The van der Waals surface area contributed by atoms with E-state index in [1.807, 2.05) is 24.3 Å². The van der Waals surface area contributed by atoms with E-state index >= 15 is 0 Å². The number of urea groups is 1. The number of imide groups is 1. The number of furan rings is 1. The van der Waals surface area contributed by atoms with Gasteiger partial charge in [-0.25, -0.2) is 9.78 Å². The highest BCUT2D eigenvalue weighted by Gasteiger charge is 2.39. The number of hydrogen-bond acceptors (Lipinski definition) is 5. The Balaban J connectivity index is 1.32. The maximum atomic E-state index is 12.5. The van der Waals surface area contributed by atoms with E-state index in [-0.39, 0.29) is 24.9 Å². The molecule has 9 heteroatoms. The van der Waals surface area contributed by atoms with Gasteiger partial charge >= 0.3 is 6.03 Å². The number of hydrogen-bond donors (Lipinski definition) is 2. The first kappa shape index (κ1) is 20.6. The first-order valence-corrected chi connectivity index (χ1v) is 10.3. The van der Waals surface area contributed by atoms with Crippen LogP contribution in [0.3, 0.4) is 0 Å². The number of aromatic nitrogens is 2. The summed E-state index contributed by atoms with van der Waals surface area (Å²) in [4.78, 5) is 42.7. The molecule has 1 aromatic carbocycles. The predicted octanol–water partition coefficient (Wildman–Crippen LogP) is 2.38. The van der Waals surface area contributed by atoms with Crippen LogP contribution in [0.5, 0.6) is 0 Å². The molecule has 4 rings (SSSR count). The van der Waals surface area contributed by atoms with Crippen molar-refractivity contribution in [1.29, 1.82) is 0 Å². The second kappa shape index (κ2) is 8.63. The van der Waals surface area contributed by atoms with Crippen LogP contribution in [0.1, 0.15) is 37.9 Å². The average Bonchev–Trinajstić information content (AvgIpc) is 3.43. The fourth-order valence-electron chi connectivity index (χ4n) is 3.84. The minimum atomic E-state index is -0.872. The number of fused-ring (bicyclic) bond motifs is 1. The van der Waals surface area contributed by atoms with Gasteiger partial charge in [-0.05, 0) is 38.1 Å². The lowest BCUT2D eigenvalue weighted by molar-refractivity contribution is -0.131. The topological polar surface area (TPSA) is 109 Å². The molecule has 1 atom stereocenters. The molecule has 1 saturated heterocycles. The second-order valence-corrected chi connectivity index (χ2v) is 7.79. The normalized spacial score (nSPS) is 16.4. The van der Waals surface area contributed by atoms with Crippen LogP contribution in [0.15, 0.2) is 47.1 Å². The lowest BCUT2D eigenvalue weighted by Crippen LogP contribution is -2.37. The number of rotatable bonds is 8. The zero-order chi connectivity index (χ0) is 22.0. The molecule has 9 nitrogen and oxygen atoms in total. The van der Waals surface area contributed by atoms with Gasteiger partial charge in [0.1, 0.15) is 17.6 Å². The van der Waals surface area contributed by atoms with Crippen LogP contribution < -0.4 is 10.6 Å². The summed E-state index contributed by atoms with van der Waals surface area (Å²) in [6.45, 7) is 4.62. The van der Waals surface area contributed by atoms with E-state index in [4.69, 9.17) is 4.42 Å². The highest BCUT2D eigenvalue weighted by atomic mass is 16.3.